The zero-order valence-corrected chi connectivity index (χ0v) is 13.6. The van der Waals surface area contributed by atoms with Crippen LogP contribution in [0.5, 0.6) is 0 Å². The van der Waals surface area contributed by atoms with E-state index in [1.165, 1.54) is 43.2 Å². The van der Waals surface area contributed by atoms with E-state index < -0.39 is 0 Å². The molecule has 1 fully saturated rings. The maximum absolute atomic E-state index is 14.5. The Morgan fingerprint density at radius 1 is 0.955 bits per heavy atom. The van der Waals surface area contributed by atoms with Crippen molar-refractivity contribution in [3.63, 3.8) is 0 Å². The van der Waals surface area contributed by atoms with Gasteiger partial charge in [-0.2, -0.15) is 0 Å². The highest BCUT2D eigenvalue weighted by Crippen LogP contribution is 2.38. The van der Waals surface area contributed by atoms with E-state index in [1.807, 2.05) is 30.3 Å². The van der Waals surface area contributed by atoms with Crippen molar-refractivity contribution in [2.24, 2.45) is 5.92 Å². The van der Waals surface area contributed by atoms with Crippen LogP contribution in [0.3, 0.4) is 0 Å². The second kappa shape index (κ2) is 6.64. The summed E-state index contributed by atoms with van der Waals surface area (Å²) in [4.78, 5) is 0. The first kappa shape index (κ1) is 15.3. The van der Waals surface area contributed by atoms with Crippen LogP contribution in [0.4, 0.5) is 4.39 Å². The molecule has 0 atom stereocenters. The van der Waals surface area contributed by atoms with Gasteiger partial charge in [-0.3, -0.25) is 0 Å². The van der Waals surface area contributed by atoms with Crippen LogP contribution in [0.1, 0.15) is 56.1 Å². The lowest BCUT2D eigenvalue weighted by Crippen LogP contribution is -2.12. The lowest BCUT2D eigenvalue weighted by atomic mass is 9.77. The Hall–Kier alpha value is -1.63. The van der Waals surface area contributed by atoms with Gasteiger partial charge in [0.1, 0.15) is 5.82 Å². The Morgan fingerprint density at radius 3 is 2.23 bits per heavy atom. The smallest absolute Gasteiger partial charge is 0.131 e. The summed E-state index contributed by atoms with van der Waals surface area (Å²) < 4.78 is 14.5. The zero-order valence-electron chi connectivity index (χ0n) is 13.6. The summed E-state index contributed by atoms with van der Waals surface area (Å²) in [5.74, 6) is 1.34. The van der Waals surface area contributed by atoms with Gasteiger partial charge < -0.3 is 0 Å². The zero-order chi connectivity index (χ0) is 15.5. The minimum Gasteiger partial charge on any atom is -0.206 e. The highest BCUT2D eigenvalue weighted by atomic mass is 19.1. The summed E-state index contributed by atoms with van der Waals surface area (Å²) in [6, 6.07) is 13.9. The molecule has 0 spiro atoms. The second-order valence-electron chi connectivity index (χ2n) is 6.73. The monoisotopic (exact) mass is 296 g/mol. The third-order valence-electron chi connectivity index (χ3n) is 5.25. The molecule has 2 aromatic carbocycles. The van der Waals surface area contributed by atoms with E-state index in [0.29, 0.717) is 11.5 Å². The first-order valence-electron chi connectivity index (χ1n) is 8.54. The van der Waals surface area contributed by atoms with Gasteiger partial charge in [-0.05, 0) is 61.6 Å². The van der Waals surface area contributed by atoms with Crippen LogP contribution < -0.4 is 0 Å². The van der Waals surface area contributed by atoms with Crippen molar-refractivity contribution < 1.29 is 4.39 Å². The van der Waals surface area contributed by atoms with E-state index in [0.717, 1.165) is 11.5 Å². The largest absolute Gasteiger partial charge is 0.206 e. The number of hydrogen-bond donors (Lipinski definition) is 0. The van der Waals surface area contributed by atoms with Gasteiger partial charge in [0.05, 0.1) is 0 Å². The molecule has 2 aromatic rings. The molecule has 1 saturated carbocycles. The molecule has 0 bridgehead atoms. The fraction of sp³-hybridized carbons (Fsp3) is 0.429. The number of hydrogen-bond acceptors (Lipinski definition) is 0. The topological polar surface area (TPSA) is 0 Å². The lowest BCUT2D eigenvalue weighted by molar-refractivity contribution is 0.318. The van der Waals surface area contributed by atoms with Gasteiger partial charge in [0.25, 0.3) is 0 Å². The van der Waals surface area contributed by atoms with E-state index in [1.54, 1.807) is 6.07 Å². The van der Waals surface area contributed by atoms with Gasteiger partial charge in [-0.15, -0.1) is 0 Å². The standard InChI is InChI=1S/C21H25F/c1-3-16-6-10-17(11-7-16)19-12-13-20(21(22)14-19)18-8-4-15(2)5-9-18/h4-5,8-9,12-14,16-17H,3,6-7,10-11H2,1-2H3. The number of rotatable bonds is 3. The van der Waals surface area contributed by atoms with Crippen LogP contribution in [0.2, 0.25) is 0 Å². The van der Waals surface area contributed by atoms with Gasteiger partial charge in [-0.25, -0.2) is 4.39 Å². The lowest BCUT2D eigenvalue weighted by Gasteiger charge is -2.28. The van der Waals surface area contributed by atoms with Crippen molar-refractivity contribution in [3.05, 3.63) is 59.4 Å². The third kappa shape index (κ3) is 3.24. The number of halogens is 1. The Kier molecular flexibility index (Phi) is 4.61. The Balaban J connectivity index is 1.79. The van der Waals surface area contributed by atoms with Crippen LogP contribution in [0, 0.1) is 18.7 Å². The molecule has 0 radical (unpaired) electrons. The molecule has 0 aliphatic heterocycles. The fourth-order valence-corrected chi connectivity index (χ4v) is 3.66. The van der Waals surface area contributed by atoms with E-state index in [9.17, 15) is 4.39 Å². The molecule has 1 aliphatic rings. The van der Waals surface area contributed by atoms with Crippen LogP contribution in [-0.2, 0) is 0 Å². The van der Waals surface area contributed by atoms with E-state index in [2.05, 4.69) is 19.9 Å². The molecule has 22 heavy (non-hydrogen) atoms. The minimum atomic E-state index is -0.0843. The maximum Gasteiger partial charge on any atom is 0.131 e. The summed E-state index contributed by atoms with van der Waals surface area (Å²) in [7, 11) is 0. The van der Waals surface area contributed by atoms with Crippen molar-refractivity contribution in [1.82, 2.24) is 0 Å². The Labute approximate surface area is 133 Å². The Bertz CT molecular complexity index is 619. The molecule has 0 saturated heterocycles. The first-order chi connectivity index (χ1) is 10.7. The molecular weight excluding hydrogens is 271 g/mol. The molecular formula is C21H25F. The minimum absolute atomic E-state index is 0.0843. The summed E-state index contributed by atoms with van der Waals surface area (Å²) in [5.41, 5.74) is 4.06. The van der Waals surface area contributed by atoms with Crippen molar-refractivity contribution in [1.29, 1.82) is 0 Å². The van der Waals surface area contributed by atoms with Crippen LogP contribution in [0.15, 0.2) is 42.5 Å². The SMILES string of the molecule is CCC1CCC(c2ccc(-c3ccc(C)cc3)c(F)c2)CC1. The van der Waals surface area contributed by atoms with Crippen LogP contribution in [0.25, 0.3) is 11.1 Å². The normalized spacial score (nSPS) is 21.8. The molecule has 116 valence electrons. The van der Waals surface area contributed by atoms with Crippen molar-refractivity contribution in [2.75, 3.05) is 0 Å². The summed E-state index contributed by atoms with van der Waals surface area (Å²) in [6.45, 7) is 4.33. The van der Waals surface area contributed by atoms with Gasteiger partial charge >= 0.3 is 0 Å². The highest BCUT2D eigenvalue weighted by molar-refractivity contribution is 5.64. The number of benzene rings is 2. The van der Waals surface area contributed by atoms with E-state index in [-0.39, 0.29) is 5.82 Å². The molecule has 0 nitrogen and oxygen atoms in total. The van der Waals surface area contributed by atoms with Gasteiger partial charge in [0.15, 0.2) is 0 Å². The average molecular weight is 296 g/mol. The van der Waals surface area contributed by atoms with E-state index >= 15 is 0 Å². The maximum atomic E-state index is 14.5. The predicted molar refractivity (Wildman–Crippen MR) is 91.6 cm³/mol. The molecule has 1 heteroatoms. The molecule has 0 N–H and O–H groups in total. The number of aryl methyl sites for hydroxylation is 1. The summed E-state index contributed by atoms with van der Waals surface area (Å²) >= 11 is 0. The summed E-state index contributed by atoms with van der Waals surface area (Å²) in [5, 5.41) is 0. The third-order valence-corrected chi connectivity index (χ3v) is 5.25. The van der Waals surface area contributed by atoms with Crippen LogP contribution >= 0.6 is 0 Å². The highest BCUT2D eigenvalue weighted by Gasteiger charge is 2.22. The van der Waals surface area contributed by atoms with E-state index in [4.69, 9.17) is 0 Å². The first-order valence-corrected chi connectivity index (χ1v) is 8.54. The van der Waals surface area contributed by atoms with Gasteiger partial charge in [0.2, 0.25) is 0 Å². The molecule has 0 amide bonds. The van der Waals surface area contributed by atoms with Crippen LogP contribution in [-0.4, -0.2) is 0 Å². The quantitative estimate of drug-likeness (QED) is 0.607. The van der Waals surface area contributed by atoms with Gasteiger partial charge in [0, 0.05) is 5.56 Å². The Morgan fingerprint density at radius 2 is 1.64 bits per heavy atom. The van der Waals surface area contributed by atoms with Gasteiger partial charge in [-0.1, -0.05) is 55.3 Å². The average Bonchev–Trinajstić information content (AvgIpc) is 2.56. The summed E-state index contributed by atoms with van der Waals surface area (Å²) in [6.07, 6.45) is 6.29. The molecule has 1 aliphatic carbocycles. The molecule has 3 rings (SSSR count). The van der Waals surface area contributed by atoms with Crippen molar-refractivity contribution in [2.45, 2.75) is 51.9 Å². The van der Waals surface area contributed by atoms with Crippen molar-refractivity contribution in [3.8, 4) is 11.1 Å². The second-order valence-corrected chi connectivity index (χ2v) is 6.73. The molecule has 0 heterocycles. The molecule has 0 aromatic heterocycles. The fourth-order valence-electron chi connectivity index (χ4n) is 3.66. The molecule has 0 unspecified atom stereocenters. The predicted octanol–water partition coefficient (Wildman–Crippen LogP) is 6.48. The van der Waals surface area contributed by atoms with Crippen molar-refractivity contribution >= 4 is 0 Å².